The Morgan fingerprint density at radius 1 is 1.00 bits per heavy atom. The summed E-state index contributed by atoms with van der Waals surface area (Å²) in [6, 6.07) is 11.3. The van der Waals surface area contributed by atoms with Crippen molar-refractivity contribution in [2.24, 2.45) is 0 Å². The summed E-state index contributed by atoms with van der Waals surface area (Å²) in [6.07, 6.45) is 0. The summed E-state index contributed by atoms with van der Waals surface area (Å²) in [5, 5.41) is 5.18. The molecule has 0 fully saturated rings. The van der Waals surface area contributed by atoms with Crippen LogP contribution >= 0.6 is 0 Å². The van der Waals surface area contributed by atoms with Crippen molar-refractivity contribution in [3.05, 3.63) is 54.1 Å². The molecule has 2 aromatic rings. The number of hydrogen-bond donors (Lipinski definition) is 3. The zero-order valence-corrected chi connectivity index (χ0v) is 17.4. The van der Waals surface area contributed by atoms with E-state index in [1.807, 2.05) is 6.92 Å². The normalized spacial score (nSPS) is 12.0. The predicted octanol–water partition coefficient (Wildman–Crippen LogP) is 2.14. The van der Waals surface area contributed by atoms with Crippen LogP contribution < -0.4 is 20.1 Å². The van der Waals surface area contributed by atoms with Gasteiger partial charge in [-0.25, -0.2) is 8.42 Å². The minimum Gasteiger partial charge on any atom is -0.494 e. The van der Waals surface area contributed by atoms with E-state index >= 15 is 0 Å². The first-order chi connectivity index (χ1) is 13.8. The van der Waals surface area contributed by atoms with E-state index in [0.717, 1.165) is 0 Å². The minimum absolute atomic E-state index is 0.0136. The molecule has 0 aliphatic carbocycles. The van der Waals surface area contributed by atoms with Crippen LogP contribution in [0.25, 0.3) is 0 Å². The second-order valence-corrected chi connectivity index (χ2v) is 7.86. The molecule has 0 unspecified atom stereocenters. The SMILES string of the molecule is CCNC(=O)[C@@H](C)NC(=O)c1ccc(S(=O)(=O)Nc2ccc(OCC)cc2)cc1. The highest BCUT2D eigenvalue weighted by Crippen LogP contribution is 2.20. The summed E-state index contributed by atoms with van der Waals surface area (Å²) < 4.78 is 32.9. The van der Waals surface area contributed by atoms with Gasteiger partial charge in [-0.2, -0.15) is 0 Å². The maximum absolute atomic E-state index is 12.5. The van der Waals surface area contributed by atoms with Crippen molar-refractivity contribution in [1.29, 1.82) is 0 Å². The lowest BCUT2D eigenvalue weighted by Gasteiger charge is -2.13. The fraction of sp³-hybridized carbons (Fsp3) is 0.300. The number of nitrogens with one attached hydrogen (secondary N) is 3. The number of benzene rings is 2. The van der Waals surface area contributed by atoms with Crippen LogP contribution in [0.1, 0.15) is 31.1 Å². The van der Waals surface area contributed by atoms with Gasteiger partial charge in [-0.3, -0.25) is 14.3 Å². The van der Waals surface area contributed by atoms with Gasteiger partial charge in [0.1, 0.15) is 11.8 Å². The summed E-state index contributed by atoms with van der Waals surface area (Å²) >= 11 is 0. The van der Waals surface area contributed by atoms with Gasteiger partial charge in [-0.05, 0) is 69.3 Å². The Morgan fingerprint density at radius 2 is 1.62 bits per heavy atom. The number of carbonyl (C=O) groups is 2. The molecule has 2 amide bonds. The van der Waals surface area contributed by atoms with Crippen molar-refractivity contribution in [2.45, 2.75) is 31.7 Å². The van der Waals surface area contributed by atoms with E-state index in [1.165, 1.54) is 24.3 Å². The molecule has 2 rings (SSSR count). The molecule has 9 heteroatoms. The second kappa shape index (κ2) is 9.92. The average Bonchev–Trinajstić information content (AvgIpc) is 2.69. The van der Waals surface area contributed by atoms with Gasteiger partial charge in [-0.15, -0.1) is 0 Å². The topological polar surface area (TPSA) is 114 Å². The number of hydrogen-bond acceptors (Lipinski definition) is 5. The molecule has 0 aliphatic heterocycles. The summed E-state index contributed by atoms with van der Waals surface area (Å²) in [5.41, 5.74) is 0.646. The Bertz CT molecular complexity index is 941. The maximum Gasteiger partial charge on any atom is 0.261 e. The van der Waals surface area contributed by atoms with Gasteiger partial charge >= 0.3 is 0 Å². The van der Waals surface area contributed by atoms with Crippen LogP contribution in [0.2, 0.25) is 0 Å². The van der Waals surface area contributed by atoms with Crippen molar-refractivity contribution < 1.29 is 22.7 Å². The van der Waals surface area contributed by atoms with Crippen molar-refractivity contribution in [3.63, 3.8) is 0 Å². The highest BCUT2D eigenvalue weighted by Gasteiger charge is 2.18. The van der Waals surface area contributed by atoms with Gasteiger partial charge in [0.25, 0.3) is 15.9 Å². The van der Waals surface area contributed by atoms with Gasteiger partial charge < -0.3 is 15.4 Å². The summed E-state index contributed by atoms with van der Waals surface area (Å²) in [7, 11) is -3.81. The number of sulfonamides is 1. The Hall–Kier alpha value is -3.07. The number of anilines is 1. The molecule has 1 atom stereocenters. The zero-order chi connectivity index (χ0) is 21.4. The molecule has 8 nitrogen and oxygen atoms in total. The molecule has 156 valence electrons. The number of amides is 2. The third kappa shape index (κ3) is 6.21. The molecule has 0 bridgehead atoms. The van der Waals surface area contributed by atoms with Gasteiger partial charge in [0.2, 0.25) is 5.91 Å². The summed E-state index contributed by atoms with van der Waals surface area (Å²) in [5.74, 6) is -0.112. The van der Waals surface area contributed by atoms with Crippen LogP contribution in [0.3, 0.4) is 0 Å². The van der Waals surface area contributed by atoms with E-state index in [-0.39, 0.29) is 16.4 Å². The Labute approximate surface area is 170 Å². The molecule has 0 aromatic heterocycles. The lowest BCUT2D eigenvalue weighted by atomic mass is 10.2. The number of rotatable bonds is 9. The van der Waals surface area contributed by atoms with E-state index in [2.05, 4.69) is 15.4 Å². The lowest BCUT2D eigenvalue weighted by molar-refractivity contribution is -0.122. The molecule has 0 saturated heterocycles. The van der Waals surface area contributed by atoms with Gasteiger partial charge in [0.05, 0.1) is 11.5 Å². The van der Waals surface area contributed by atoms with Crippen LogP contribution in [-0.4, -0.2) is 39.4 Å². The third-order valence-electron chi connectivity index (χ3n) is 3.94. The molecular formula is C20H25N3O5S. The first-order valence-electron chi connectivity index (χ1n) is 9.21. The standard InChI is InChI=1S/C20H25N3O5S/c1-4-21-19(24)14(3)22-20(25)15-6-12-18(13-7-15)29(26,27)23-16-8-10-17(11-9-16)28-5-2/h6-14,23H,4-5H2,1-3H3,(H,21,24)(H,22,25)/t14-/m1/s1. The van der Waals surface area contributed by atoms with Crippen LogP contribution in [0, 0.1) is 0 Å². The second-order valence-electron chi connectivity index (χ2n) is 6.18. The fourth-order valence-electron chi connectivity index (χ4n) is 2.46. The quantitative estimate of drug-likeness (QED) is 0.576. The van der Waals surface area contributed by atoms with Crippen LogP contribution in [0.5, 0.6) is 5.75 Å². The van der Waals surface area contributed by atoms with E-state index in [1.54, 1.807) is 38.1 Å². The summed E-state index contributed by atoms with van der Waals surface area (Å²) in [4.78, 5) is 24.0. The predicted molar refractivity (Wildman–Crippen MR) is 110 cm³/mol. The number of carbonyl (C=O) groups excluding carboxylic acids is 2. The van der Waals surface area contributed by atoms with Gasteiger partial charge in [-0.1, -0.05) is 0 Å². The van der Waals surface area contributed by atoms with Crippen LogP contribution in [0.4, 0.5) is 5.69 Å². The van der Waals surface area contributed by atoms with Crippen molar-refractivity contribution in [3.8, 4) is 5.75 Å². The van der Waals surface area contributed by atoms with Gasteiger partial charge in [0, 0.05) is 17.8 Å². The highest BCUT2D eigenvalue weighted by atomic mass is 32.2. The third-order valence-corrected chi connectivity index (χ3v) is 5.33. The van der Waals surface area contributed by atoms with E-state index in [9.17, 15) is 18.0 Å². The molecule has 2 aromatic carbocycles. The largest absolute Gasteiger partial charge is 0.494 e. The number of ether oxygens (including phenoxy) is 1. The molecule has 3 N–H and O–H groups in total. The van der Waals surface area contributed by atoms with Crippen molar-refractivity contribution >= 4 is 27.5 Å². The van der Waals surface area contributed by atoms with Crippen LogP contribution in [0.15, 0.2) is 53.4 Å². The summed E-state index contributed by atoms with van der Waals surface area (Å²) in [6.45, 7) is 6.20. The van der Waals surface area contributed by atoms with E-state index in [0.29, 0.717) is 24.6 Å². The molecule has 0 spiro atoms. The highest BCUT2D eigenvalue weighted by molar-refractivity contribution is 7.92. The smallest absolute Gasteiger partial charge is 0.261 e. The minimum atomic E-state index is -3.81. The van der Waals surface area contributed by atoms with Crippen molar-refractivity contribution in [2.75, 3.05) is 17.9 Å². The first kappa shape index (κ1) is 22.2. The molecule has 0 heterocycles. The van der Waals surface area contributed by atoms with E-state index < -0.39 is 22.0 Å². The molecule has 0 saturated carbocycles. The monoisotopic (exact) mass is 419 g/mol. The van der Waals surface area contributed by atoms with Crippen molar-refractivity contribution in [1.82, 2.24) is 10.6 Å². The van der Waals surface area contributed by atoms with Crippen LogP contribution in [-0.2, 0) is 14.8 Å². The average molecular weight is 420 g/mol. The Balaban J connectivity index is 2.05. The molecular weight excluding hydrogens is 394 g/mol. The lowest BCUT2D eigenvalue weighted by Crippen LogP contribution is -2.44. The first-order valence-corrected chi connectivity index (χ1v) is 10.7. The Kier molecular flexibility index (Phi) is 7.60. The Morgan fingerprint density at radius 3 is 2.17 bits per heavy atom. The molecule has 29 heavy (non-hydrogen) atoms. The fourth-order valence-corrected chi connectivity index (χ4v) is 3.52. The maximum atomic E-state index is 12.5. The number of likely N-dealkylation sites (N-methyl/N-ethyl adjacent to an activating group) is 1. The molecule has 0 radical (unpaired) electrons. The zero-order valence-electron chi connectivity index (χ0n) is 16.6. The molecule has 0 aliphatic rings. The van der Waals surface area contributed by atoms with Gasteiger partial charge in [0.15, 0.2) is 0 Å². The van der Waals surface area contributed by atoms with E-state index in [4.69, 9.17) is 4.74 Å².